The van der Waals surface area contributed by atoms with Crippen LogP contribution in [0, 0.1) is 0 Å². The second-order valence-electron chi connectivity index (χ2n) is 7.67. The summed E-state index contributed by atoms with van der Waals surface area (Å²) in [6.45, 7) is 0. The highest BCUT2D eigenvalue weighted by Gasteiger charge is 2.13. The molecule has 34 heavy (non-hydrogen) atoms. The average Bonchev–Trinajstić information content (AvgIpc) is 2.94. The van der Waals surface area contributed by atoms with Gasteiger partial charge in [-0.25, -0.2) is 0 Å². The van der Waals surface area contributed by atoms with Crippen molar-refractivity contribution in [1.29, 1.82) is 0 Å². The third-order valence-corrected chi connectivity index (χ3v) is 5.36. The van der Waals surface area contributed by atoms with E-state index >= 15 is 0 Å². The summed E-state index contributed by atoms with van der Waals surface area (Å²) in [5.74, 6) is 0.135. The number of benzene rings is 5. The van der Waals surface area contributed by atoms with Crippen LogP contribution in [0.2, 0.25) is 0 Å². The van der Waals surface area contributed by atoms with Crippen LogP contribution in [0.3, 0.4) is 0 Å². The van der Waals surface area contributed by atoms with Crippen molar-refractivity contribution in [1.82, 2.24) is 0 Å². The Morgan fingerprint density at radius 3 is 1.18 bits per heavy atom. The van der Waals surface area contributed by atoms with Crippen molar-refractivity contribution >= 4 is 11.6 Å². The van der Waals surface area contributed by atoms with E-state index < -0.39 is 0 Å². The molecule has 5 rings (SSSR count). The van der Waals surface area contributed by atoms with E-state index in [0.29, 0.717) is 0 Å². The van der Waals surface area contributed by atoms with Gasteiger partial charge in [0.05, 0.1) is 0 Å². The molecule has 0 bridgehead atoms. The van der Waals surface area contributed by atoms with Crippen molar-refractivity contribution in [3.63, 3.8) is 0 Å². The Morgan fingerprint density at radius 2 is 0.706 bits per heavy atom. The lowest BCUT2D eigenvalue weighted by molar-refractivity contribution is 0.103. The van der Waals surface area contributed by atoms with E-state index in [0.717, 1.165) is 33.4 Å². The lowest BCUT2D eigenvalue weighted by Gasteiger charge is -2.09. The zero-order valence-corrected chi connectivity index (χ0v) is 18.7. The number of ketones is 2. The van der Waals surface area contributed by atoms with E-state index in [-0.39, 0.29) is 11.6 Å². The van der Waals surface area contributed by atoms with Gasteiger partial charge in [0.25, 0.3) is 0 Å². The molecule has 0 radical (unpaired) electrons. The lowest BCUT2D eigenvalue weighted by atomic mass is 9.94. The van der Waals surface area contributed by atoms with Gasteiger partial charge in [-0.1, -0.05) is 146 Å². The van der Waals surface area contributed by atoms with Crippen molar-refractivity contribution in [3.05, 3.63) is 168 Å². The fraction of sp³-hybridized carbons (Fsp3) is 0. The van der Waals surface area contributed by atoms with Crippen LogP contribution in [0.4, 0.5) is 0 Å². The smallest absolute Gasteiger partial charge is 0.193 e. The molecule has 0 aliphatic heterocycles. The molecule has 0 saturated carbocycles. The highest BCUT2D eigenvalue weighted by Crippen LogP contribution is 2.25. The molecule has 0 spiro atoms. The Morgan fingerprint density at radius 1 is 0.353 bits per heavy atom. The predicted molar refractivity (Wildman–Crippen MR) is 138 cm³/mol. The molecular weight excluding hydrogens is 416 g/mol. The van der Waals surface area contributed by atoms with Gasteiger partial charge in [-0.3, -0.25) is 9.59 Å². The molecule has 0 aromatic heterocycles. The Balaban J connectivity index is 0.000000172. The molecule has 0 saturated heterocycles. The van der Waals surface area contributed by atoms with Gasteiger partial charge in [0.1, 0.15) is 0 Å². The van der Waals surface area contributed by atoms with Crippen molar-refractivity contribution in [2.75, 3.05) is 0 Å². The minimum absolute atomic E-state index is 0.0602. The van der Waals surface area contributed by atoms with E-state index in [1.54, 1.807) is 0 Å². The number of hydrogen-bond acceptors (Lipinski definition) is 2. The van der Waals surface area contributed by atoms with Crippen molar-refractivity contribution in [2.24, 2.45) is 0 Å². The minimum Gasteiger partial charge on any atom is -0.289 e. The predicted octanol–water partition coefficient (Wildman–Crippen LogP) is 7.50. The van der Waals surface area contributed by atoms with E-state index in [9.17, 15) is 9.59 Å². The molecule has 5 aromatic carbocycles. The second kappa shape index (κ2) is 11.3. The zero-order valence-electron chi connectivity index (χ0n) is 18.7. The van der Waals surface area contributed by atoms with Gasteiger partial charge in [0.2, 0.25) is 0 Å². The molecule has 0 unspecified atom stereocenters. The minimum atomic E-state index is 0.0602. The summed E-state index contributed by atoms with van der Waals surface area (Å²) >= 11 is 0. The van der Waals surface area contributed by atoms with Gasteiger partial charge in [0, 0.05) is 22.3 Å². The SMILES string of the molecule is O=C(c1ccccc1)c1ccccc1.O=C(c1ccccc1)c1ccccc1-c1ccccc1. The molecule has 0 aliphatic rings. The first-order valence-corrected chi connectivity index (χ1v) is 11.1. The molecule has 2 nitrogen and oxygen atoms in total. The van der Waals surface area contributed by atoms with Gasteiger partial charge in [-0.15, -0.1) is 0 Å². The van der Waals surface area contributed by atoms with Gasteiger partial charge in [0.15, 0.2) is 11.6 Å². The van der Waals surface area contributed by atoms with Crippen LogP contribution in [-0.4, -0.2) is 11.6 Å². The van der Waals surface area contributed by atoms with Gasteiger partial charge < -0.3 is 0 Å². The average molecular weight is 441 g/mol. The first kappa shape index (κ1) is 22.6. The van der Waals surface area contributed by atoms with Crippen LogP contribution in [0.1, 0.15) is 31.8 Å². The molecule has 0 atom stereocenters. The number of rotatable bonds is 5. The molecule has 0 fully saturated rings. The standard InChI is InChI=1S/C19H14O.C13H10O/c20-19(16-11-5-2-6-12-16)18-14-8-7-13-17(18)15-9-3-1-4-10-15;14-13(11-7-3-1-4-8-11)12-9-5-2-6-10-12/h1-14H;1-10H. The second-order valence-corrected chi connectivity index (χ2v) is 7.67. The summed E-state index contributed by atoms with van der Waals surface area (Å²) in [7, 11) is 0. The zero-order chi connectivity index (χ0) is 23.6. The van der Waals surface area contributed by atoms with Crippen LogP contribution < -0.4 is 0 Å². The quantitative estimate of drug-likeness (QED) is 0.265. The van der Waals surface area contributed by atoms with E-state index in [1.165, 1.54) is 0 Å². The lowest BCUT2D eigenvalue weighted by Crippen LogP contribution is -2.03. The maximum Gasteiger partial charge on any atom is 0.193 e. The number of carbonyl (C=O) groups excluding carboxylic acids is 2. The molecule has 0 heterocycles. The summed E-state index contributed by atoms with van der Waals surface area (Å²) in [5, 5.41) is 0. The number of hydrogen-bond donors (Lipinski definition) is 0. The Hall–Kier alpha value is -4.56. The van der Waals surface area contributed by atoms with Crippen LogP contribution in [-0.2, 0) is 0 Å². The van der Waals surface area contributed by atoms with E-state index in [1.807, 2.05) is 146 Å². The maximum atomic E-state index is 12.6. The largest absolute Gasteiger partial charge is 0.289 e. The maximum absolute atomic E-state index is 12.6. The highest BCUT2D eigenvalue weighted by molar-refractivity contribution is 6.12. The molecule has 0 N–H and O–H groups in total. The summed E-state index contributed by atoms with van der Waals surface area (Å²) in [6, 6.07) is 45.7. The normalized spacial score (nSPS) is 10.0. The van der Waals surface area contributed by atoms with Crippen LogP contribution in [0.25, 0.3) is 11.1 Å². The first-order valence-electron chi connectivity index (χ1n) is 11.1. The van der Waals surface area contributed by atoms with Crippen molar-refractivity contribution < 1.29 is 9.59 Å². The van der Waals surface area contributed by atoms with Crippen LogP contribution in [0.15, 0.2) is 146 Å². The monoisotopic (exact) mass is 440 g/mol. The summed E-state index contributed by atoms with van der Waals surface area (Å²) < 4.78 is 0. The molecule has 2 heteroatoms. The molecule has 5 aromatic rings. The Kier molecular flexibility index (Phi) is 7.55. The molecule has 0 aliphatic carbocycles. The van der Waals surface area contributed by atoms with Crippen molar-refractivity contribution in [2.45, 2.75) is 0 Å². The summed E-state index contributed by atoms with van der Waals surface area (Å²) in [6.07, 6.45) is 0. The summed E-state index contributed by atoms with van der Waals surface area (Å²) in [5.41, 5.74) is 4.97. The molecule has 0 amide bonds. The third kappa shape index (κ3) is 5.62. The van der Waals surface area contributed by atoms with Crippen molar-refractivity contribution in [3.8, 4) is 11.1 Å². The van der Waals surface area contributed by atoms with Gasteiger partial charge in [-0.05, 0) is 11.1 Å². The number of carbonyl (C=O) groups is 2. The van der Waals surface area contributed by atoms with Gasteiger partial charge in [-0.2, -0.15) is 0 Å². The van der Waals surface area contributed by atoms with Gasteiger partial charge >= 0.3 is 0 Å². The fourth-order valence-electron chi connectivity index (χ4n) is 3.64. The third-order valence-electron chi connectivity index (χ3n) is 5.36. The molecular formula is C32H24O2. The highest BCUT2D eigenvalue weighted by atomic mass is 16.1. The first-order chi connectivity index (χ1) is 16.7. The topological polar surface area (TPSA) is 34.1 Å². The van der Waals surface area contributed by atoms with Crippen LogP contribution in [0.5, 0.6) is 0 Å². The van der Waals surface area contributed by atoms with Crippen LogP contribution >= 0.6 is 0 Å². The van der Waals surface area contributed by atoms with E-state index in [4.69, 9.17) is 0 Å². The summed E-state index contributed by atoms with van der Waals surface area (Å²) in [4.78, 5) is 24.5. The Bertz CT molecular complexity index is 1300. The molecule has 164 valence electrons. The van der Waals surface area contributed by atoms with E-state index in [2.05, 4.69) is 0 Å². The Labute approximate surface area is 200 Å². The fourth-order valence-corrected chi connectivity index (χ4v) is 3.64.